The minimum absolute atomic E-state index is 0.143. The minimum Gasteiger partial charge on any atom is -0.353 e. The summed E-state index contributed by atoms with van der Waals surface area (Å²) in [6.07, 6.45) is 3.00. The third kappa shape index (κ3) is 3.83. The molecule has 0 N–H and O–H groups in total. The quantitative estimate of drug-likeness (QED) is 0.749. The summed E-state index contributed by atoms with van der Waals surface area (Å²) in [4.78, 5) is 0. The Morgan fingerprint density at radius 3 is 3.11 bits per heavy atom. The molecule has 18 heavy (non-hydrogen) atoms. The van der Waals surface area contributed by atoms with Gasteiger partial charge in [-0.25, -0.2) is 4.39 Å². The minimum atomic E-state index is -0.290. The van der Waals surface area contributed by atoms with Crippen molar-refractivity contribution in [2.45, 2.75) is 32.5 Å². The van der Waals surface area contributed by atoms with Gasteiger partial charge in [0.15, 0.2) is 6.29 Å². The fourth-order valence-electron chi connectivity index (χ4n) is 1.84. The van der Waals surface area contributed by atoms with Crippen LogP contribution in [0.15, 0.2) is 18.2 Å². The highest BCUT2D eigenvalue weighted by atomic mass is 19.1. The van der Waals surface area contributed by atoms with Crippen molar-refractivity contribution in [2.24, 2.45) is 0 Å². The fourth-order valence-corrected chi connectivity index (χ4v) is 1.84. The molecule has 0 saturated carbocycles. The molecule has 1 aromatic carbocycles. The maximum atomic E-state index is 13.4. The zero-order valence-corrected chi connectivity index (χ0v) is 10.5. The standard InChI is InChI=1S/C15H17FO2/c1-12-7-8-14(16)13(11-12)5-4-10-18-15-6-2-3-9-17-15/h7-8,11,15H,2-3,6,9-10H2,1H3. The lowest BCUT2D eigenvalue weighted by atomic mass is 10.1. The van der Waals surface area contributed by atoms with Gasteiger partial charge in [-0.15, -0.1) is 0 Å². The Morgan fingerprint density at radius 2 is 2.33 bits per heavy atom. The van der Waals surface area contributed by atoms with E-state index in [4.69, 9.17) is 9.47 Å². The molecule has 1 saturated heterocycles. The van der Waals surface area contributed by atoms with Gasteiger partial charge in [0.2, 0.25) is 0 Å². The monoisotopic (exact) mass is 248 g/mol. The van der Waals surface area contributed by atoms with E-state index in [1.165, 1.54) is 6.07 Å². The number of ether oxygens (including phenoxy) is 2. The molecule has 0 spiro atoms. The van der Waals surface area contributed by atoms with Crippen LogP contribution < -0.4 is 0 Å². The summed E-state index contributed by atoms with van der Waals surface area (Å²) < 4.78 is 24.2. The van der Waals surface area contributed by atoms with E-state index in [1.807, 2.05) is 6.92 Å². The van der Waals surface area contributed by atoms with Gasteiger partial charge < -0.3 is 9.47 Å². The molecule has 1 aliphatic heterocycles. The molecule has 1 heterocycles. The zero-order valence-electron chi connectivity index (χ0n) is 10.5. The molecule has 2 nitrogen and oxygen atoms in total. The summed E-state index contributed by atoms with van der Waals surface area (Å²) >= 11 is 0. The van der Waals surface area contributed by atoms with E-state index >= 15 is 0 Å². The van der Waals surface area contributed by atoms with Crippen LogP contribution in [0.3, 0.4) is 0 Å². The van der Waals surface area contributed by atoms with Gasteiger partial charge in [-0.1, -0.05) is 17.9 Å². The maximum Gasteiger partial charge on any atom is 0.158 e. The van der Waals surface area contributed by atoms with Crippen molar-refractivity contribution in [1.82, 2.24) is 0 Å². The smallest absolute Gasteiger partial charge is 0.158 e. The predicted octanol–water partition coefficient (Wildman–Crippen LogP) is 3.03. The average molecular weight is 248 g/mol. The van der Waals surface area contributed by atoms with Gasteiger partial charge in [-0.2, -0.15) is 0 Å². The Bertz CT molecular complexity index is 453. The van der Waals surface area contributed by atoms with Crippen molar-refractivity contribution in [1.29, 1.82) is 0 Å². The first-order valence-corrected chi connectivity index (χ1v) is 6.24. The number of hydrogen-bond donors (Lipinski definition) is 0. The Labute approximate surface area is 107 Å². The van der Waals surface area contributed by atoms with Crippen LogP contribution in [0, 0.1) is 24.6 Å². The van der Waals surface area contributed by atoms with E-state index in [0.29, 0.717) is 5.56 Å². The van der Waals surface area contributed by atoms with Crippen LogP contribution in [0.5, 0.6) is 0 Å². The number of rotatable bonds is 2. The molecule has 1 fully saturated rings. The summed E-state index contributed by atoms with van der Waals surface area (Å²) in [5.41, 5.74) is 1.42. The van der Waals surface area contributed by atoms with E-state index in [2.05, 4.69) is 11.8 Å². The molecule has 1 aromatic rings. The van der Waals surface area contributed by atoms with Gasteiger partial charge in [-0.05, 0) is 43.9 Å². The topological polar surface area (TPSA) is 18.5 Å². The molecule has 0 amide bonds. The van der Waals surface area contributed by atoms with Crippen LogP contribution in [0.4, 0.5) is 4.39 Å². The fraction of sp³-hybridized carbons (Fsp3) is 0.467. The molecule has 2 rings (SSSR count). The summed E-state index contributed by atoms with van der Waals surface area (Å²) in [6.45, 7) is 2.94. The van der Waals surface area contributed by atoms with Crippen molar-refractivity contribution in [3.05, 3.63) is 35.1 Å². The highest BCUT2D eigenvalue weighted by Crippen LogP contribution is 2.13. The summed E-state index contributed by atoms with van der Waals surface area (Å²) in [6, 6.07) is 4.90. The lowest BCUT2D eigenvalue weighted by molar-refractivity contribution is -0.154. The third-order valence-corrected chi connectivity index (χ3v) is 2.82. The summed E-state index contributed by atoms with van der Waals surface area (Å²) in [5.74, 6) is 5.32. The molecule has 1 unspecified atom stereocenters. The normalized spacial score (nSPS) is 19.1. The van der Waals surface area contributed by atoms with Crippen molar-refractivity contribution in [3.63, 3.8) is 0 Å². The molecular formula is C15H17FO2. The van der Waals surface area contributed by atoms with Crippen molar-refractivity contribution >= 4 is 0 Å². The van der Waals surface area contributed by atoms with Gasteiger partial charge in [0, 0.05) is 6.61 Å². The van der Waals surface area contributed by atoms with Gasteiger partial charge in [0.25, 0.3) is 0 Å². The second-order valence-electron chi connectivity index (χ2n) is 4.39. The highest BCUT2D eigenvalue weighted by molar-refractivity contribution is 5.38. The first-order valence-electron chi connectivity index (χ1n) is 6.24. The molecule has 96 valence electrons. The molecule has 0 aliphatic carbocycles. The Hall–Kier alpha value is -1.37. The van der Waals surface area contributed by atoms with E-state index in [-0.39, 0.29) is 18.7 Å². The zero-order chi connectivity index (χ0) is 12.8. The molecule has 0 radical (unpaired) electrons. The average Bonchev–Trinajstić information content (AvgIpc) is 2.40. The second kappa shape index (κ2) is 6.53. The van der Waals surface area contributed by atoms with Crippen LogP contribution in [0.1, 0.15) is 30.4 Å². The van der Waals surface area contributed by atoms with E-state index < -0.39 is 0 Å². The third-order valence-electron chi connectivity index (χ3n) is 2.82. The first-order chi connectivity index (χ1) is 8.75. The van der Waals surface area contributed by atoms with Gasteiger partial charge in [0.05, 0.1) is 5.56 Å². The van der Waals surface area contributed by atoms with Crippen LogP contribution in [-0.2, 0) is 9.47 Å². The number of hydrogen-bond acceptors (Lipinski definition) is 2. The van der Waals surface area contributed by atoms with Crippen molar-refractivity contribution < 1.29 is 13.9 Å². The Morgan fingerprint density at radius 1 is 1.44 bits per heavy atom. The highest BCUT2D eigenvalue weighted by Gasteiger charge is 2.12. The Balaban J connectivity index is 1.85. The SMILES string of the molecule is Cc1ccc(F)c(C#CCOC2CCCCO2)c1. The first kappa shape index (κ1) is 13.1. The largest absolute Gasteiger partial charge is 0.353 e. The number of benzene rings is 1. The number of aryl methyl sites for hydroxylation is 1. The van der Waals surface area contributed by atoms with Crippen LogP contribution in [-0.4, -0.2) is 19.5 Å². The van der Waals surface area contributed by atoms with E-state index in [1.54, 1.807) is 12.1 Å². The lowest BCUT2D eigenvalue weighted by Crippen LogP contribution is -2.22. The Kier molecular flexibility index (Phi) is 4.74. The van der Waals surface area contributed by atoms with E-state index in [9.17, 15) is 4.39 Å². The summed E-state index contributed by atoms with van der Waals surface area (Å²) in [5, 5.41) is 0. The van der Waals surface area contributed by atoms with Crippen LogP contribution in [0.25, 0.3) is 0 Å². The lowest BCUT2D eigenvalue weighted by Gasteiger charge is -2.21. The van der Waals surface area contributed by atoms with E-state index in [0.717, 1.165) is 31.4 Å². The second-order valence-corrected chi connectivity index (χ2v) is 4.39. The molecule has 0 aromatic heterocycles. The van der Waals surface area contributed by atoms with Gasteiger partial charge in [0.1, 0.15) is 12.4 Å². The molecule has 3 heteroatoms. The molecular weight excluding hydrogens is 231 g/mol. The molecule has 0 bridgehead atoms. The summed E-state index contributed by atoms with van der Waals surface area (Å²) in [7, 11) is 0. The maximum absolute atomic E-state index is 13.4. The van der Waals surface area contributed by atoms with Crippen LogP contribution in [0.2, 0.25) is 0 Å². The number of halogens is 1. The van der Waals surface area contributed by atoms with Crippen LogP contribution >= 0.6 is 0 Å². The van der Waals surface area contributed by atoms with Gasteiger partial charge in [-0.3, -0.25) is 0 Å². The molecule has 1 aliphatic rings. The molecule has 1 atom stereocenters. The predicted molar refractivity (Wildman–Crippen MR) is 67.6 cm³/mol. The van der Waals surface area contributed by atoms with Gasteiger partial charge >= 0.3 is 0 Å². The van der Waals surface area contributed by atoms with Crippen molar-refractivity contribution in [3.8, 4) is 11.8 Å². The van der Waals surface area contributed by atoms with Crippen molar-refractivity contribution in [2.75, 3.05) is 13.2 Å².